The van der Waals surface area contributed by atoms with Gasteiger partial charge in [-0.3, -0.25) is 4.55 Å². The van der Waals surface area contributed by atoms with Crippen molar-refractivity contribution in [1.82, 2.24) is 0 Å². The Labute approximate surface area is 189 Å². The molecule has 30 heavy (non-hydrogen) atoms. The zero-order valence-electron chi connectivity index (χ0n) is 16.0. The fourth-order valence-electron chi connectivity index (χ4n) is 2.60. The first kappa shape index (κ1) is 23.2. The average molecular weight is 499 g/mol. The summed E-state index contributed by atoms with van der Waals surface area (Å²) >= 11 is 4.20. The lowest BCUT2D eigenvalue weighted by atomic mass is 10.3. The summed E-state index contributed by atoms with van der Waals surface area (Å²) in [5.74, 6) is 0. The highest BCUT2D eigenvalue weighted by atomic mass is 32.2. The molecule has 0 aromatic heterocycles. The molecule has 3 aromatic carbocycles. The molecule has 0 unspecified atom stereocenters. The molecule has 0 radical (unpaired) electrons. The first-order valence-corrected chi connectivity index (χ1v) is 14.7. The van der Waals surface area contributed by atoms with Gasteiger partial charge in [-0.05, 0) is 79.2 Å². The van der Waals surface area contributed by atoms with Crippen LogP contribution in [0.2, 0.25) is 0 Å². The molecule has 5 nitrogen and oxygen atoms in total. The number of rotatable bonds is 7. The van der Waals surface area contributed by atoms with Gasteiger partial charge in [-0.1, -0.05) is 11.8 Å². The van der Waals surface area contributed by atoms with Crippen molar-refractivity contribution in [2.45, 2.75) is 34.3 Å². The average Bonchev–Trinajstić information content (AvgIpc) is 2.73. The molecule has 0 fully saturated rings. The molecule has 0 atom stereocenters. The molecule has 0 aliphatic heterocycles. The van der Waals surface area contributed by atoms with Crippen molar-refractivity contribution < 1.29 is 21.4 Å². The van der Waals surface area contributed by atoms with Crippen LogP contribution in [-0.2, 0) is 20.0 Å². The highest BCUT2D eigenvalue weighted by Crippen LogP contribution is 2.36. The van der Waals surface area contributed by atoms with Gasteiger partial charge in [0.2, 0.25) is 9.84 Å². The SMILES string of the molecule is CSc1ccc(Sc2ccc(S(=O)(=O)c3ccc(SC)cc3)cc2S(=O)(=O)O)cc1. The molecule has 0 saturated heterocycles. The van der Waals surface area contributed by atoms with E-state index in [9.17, 15) is 21.4 Å². The zero-order valence-corrected chi connectivity index (χ0v) is 20.1. The van der Waals surface area contributed by atoms with Gasteiger partial charge in [0.1, 0.15) is 4.90 Å². The molecule has 0 amide bonds. The molecule has 0 aliphatic rings. The van der Waals surface area contributed by atoms with Gasteiger partial charge in [0.15, 0.2) is 0 Å². The van der Waals surface area contributed by atoms with Crippen LogP contribution in [0.5, 0.6) is 0 Å². The topological polar surface area (TPSA) is 88.5 Å². The number of sulfone groups is 1. The third kappa shape index (κ3) is 5.24. The van der Waals surface area contributed by atoms with E-state index in [1.54, 1.807) is 23.9 Å². The Hall–Kier alpha value is -1.43. The van der Waals surface area contributed by atoms with Gasteiger partial charge in [-0.25, -0.2) is 8.42 Å². The summed E-state index contributed by atoms with van der Waals surface area (Å²) < 4.78 is 59.6. The number of benzene rings is 3. The zero-order chi connectivity index (χ0) is 21.9. The molecule has 3 aromatic rings. The Kier molecular flexibility index (Phi) is 7.26. The molecule has 0 heterocycles. The van der Waals surface area contributed by atoms with Crippen molar-refractivity contribution in [2.24, 2.45) is 0 Å². The second-order valence-electron chi connectivity index (χ2n) is 6.04. The van der Waals surface area contributed by atoms with Crippen molar-refractivity contribution in [3.05, 3.63) is 66.7 Å². The standard InChI is InChI=1S/C20H18O5S5/c1-26-14-3-5-16(6-4-14)28-19-12-11-18(13-20(19)30(23,24)25)29(21,22)17-9-7-15(27-2)8-10-17/h3-13H,1-2H3,(H,23,24,25). The van der Waals surface area contributed by atoms with Crippen LogP contribution in [0.3, 0.4) is 0 Å². The highest BCUT2D eigenvalue weighted by Gasteiger charge is 2.24. The van der Waals surface area contributed by atoms with Crippen LogP contribution >= 0.6 is 35.3 Å². The molecule has 0 aliphatic carbocycles. The van der Waals surface area contributed by atoms with E-state index in [0.29, 0.717) is 0 Å². The third-order valence-electron chi connectivity index (χ3n) is 4.16. The summed E-state index contributed by atoms with van der Waals surface area (Å²) in [6.45, 7) is 0. The fourth-order valence-corrected chi connectivity index (χ4v) is 6.64. The van der Waals surface area contributed by atoms with Gasteiger partial charge in [0.25, 0.3) is 10.1 Å². The maximum atomic E-state index is 13.0. The molecular formula is C20H18O5S5. The van der Waals surface area contributed by atoms with Gasteiger partial charge in [-0.15, -0.1) is 23.5 Å². The van der Waals surface area contributed by atoms with E-state index in [1.165, 1.54) is 36.0 Å². The lowest BCUT2D eigenvalue weighted by Crippen LogP contribution is -2.06. The highest BCUT2D eigenvalue weighted by molar-refractivity contribution is 8.00. The number of hydrogen-bond acceptors (Lipinski definition) is 7. The van der Waals surface area contributed by atoms with E-state index in [-0.39, 0.29) is 14.7 Å². The second kappa shape index (κ2) is 9.37. The lowest BCUT2D eigenvalue weighted by molar-refractivity contribution is 0.480. The van der Waals surface area contributed by atoms with Crippen LogP contribution in [-0.4, -0.2) is 33.9 Å². The van der Waals surface area contributed by atoms with E-state index in [2.05, 4.69) is 0 Å². The van der Waals surface area contributed by atoms with Gasteiger partial charge in [0, 0.05) is 19.6 Å². The Balaban J connectivity index is 2.03. The number of hydrogen-bond donors (Lipinski definition) is 1. The molecular weight excluding hydrogens is 481 g/mol. The summed E-state index contributed by atoms with van der Waals surface area (Å²) in [7, 11) is -8.58. The van der Waals surface area contributed by atoms with E-state index in [1.807, 2.05) is 36.8 Å². The molecule has 0 saturated carbocycles. The smallest absolute Gasteiger partial charge is 0.282 e. The minimum Gasteiger partial charge on any atom is -0.282 e. The van der Waals surface area contributed by atoms with Crippen molar-refractivity contribution >= 4 is 55.2 Å². The van der Waals surface area contributed by atoms with Gasteiger partial charge in [0.05, 0.1) is 9.79 Å². The van der Waals surface area contributed by atoms with E-state index < -0.39 is 24.9 Å². The van der Waals surface area contributed by atoms with Crippen molar-refractivity contribution in [3.8, 4) is 0 Å². The summed E-state index contributed by atoms with van der Waals surface area (Å²) in [6.07, 6.45) is 3.83. The summed E-state index contributed by atoms with van der Waals surface area (Å²) in [5, 5.41) is 0. The van der Waals surface area contributed by atoms with E-state index in [0.717, 1.165) is 32.5 Å². The normalized spacial score (nSPS) is 12.1. The lowest BCUT2D eigenvalue weighted by Gasteiger charge is -2.11. The number of thioether (sulfide) groups is 2. The minimum absolute atomic E-state index is 0.0506. The van der Waals surface area contributed by atoms with Gasteiger partial charge < -0.3 is 0 Å². The Morgan fingerprint density at radius 1 is 0.667 bits per heavy atom. The third-order valence-corrected chi connectivity index (χ3v) is 9.52. The predicted molar refractivity (Wildman–Crippen MR) is 122 cm³/mol. The van der Waals surface area contributed by atoms with E-state index >= 15 is 0 Å². The quantitative estimate of drug-likeness (QED) is 0.344. The van der Waals surface area contributed by atoms with Crippen LogP contribution in [0.1, 0.15) is 0 Å². The molecule has 3 rings (SSSR count). The summed E-state index contributed by atoms with van der Waals surface area (Å²) in [6, 6.07) is 17.6. The predicted octanol–water partition coefficient (Wildman–Crippen LogP) is 5.36. The molecule has 1 N–H and O–H groups in total. The maximum absolute atomic E-state index is 13.0. The molecule has 0 bridgehead atoms. The van der Waals surface area contributed by atoms with E-state index in [4.69, 9.17) is 0 Å². The minimum atomic E-state index is -4.63. The molecule has 158 valence electrons. The monoisotopic (exact) mass is 498 g/mol. The van der Waals surface area contributed by atoms with Crippen LogP contribution in [0, 0.1) is 0 Å². The molecule has 0 spiro atoms. The summed E-state index contributed by atoms with van der Waals surface area (Å²) in [5.41, 5.74) is 0. The summed E-state index contributed by atoms with van der Waals surface area (Å²) in [4.78, 5) is 2.38. The van der Waals surface area contributed by atoms with Crippen LogP contribution in [0.15, 0.2) is 101 Å². The van der Waals surface area contributed by atoms with Crippen LogP contribution in [0.4, 0.5) is 0 Å². The largest absolute Gasteiger partial charge is 0.295 e. The van der Waals surface area contributed by atoms with Crippen molar-refractivity contribution in [1.29, 1.82) is 0 Å². The first-order chi connectivity index (χ1) is 14.1. The molecule has 10 heteroatoms. The van der Waals surface area contributed by atoms with Crippen LogP contribution < -0.4 is 0 Å². The van der Waals surface area contributed by atoms with Crippen molar-refractivity contribution in [3.63, 3.8) is 0 Å². The Morgan fingerprint density at radius 3 is 1.63 bits per heavy atom. The Bertz CT molecular complexity index is 1250. The fraction of sp³-hybridized carbons (Fsp3) is 0.100. The maximum Gasteiger partial charge on any atom is 0.295 e. The van der Waals surface area contributed by atoms with Gasteiger partial charge >= 0.3 is 0 Å². The first-order valence-electron chi connectivity index (χ1n) is 8.48. The van der Waals surface area contributed by atoms with Crippen LogP contribution in [0.25, 0.3) is 0 Å². The second-order valence-corrected chi connectivity index (χ2v) is 12.3. The van der Waals surface area contributed by atoms with Gasteiger partial charge in [-0.2, -0.15) is 8.42 Å². The Morgan fingerprint density at radius 2 is 1.13 bits per heavy atom. The van der Waals surface area contributed by atoms with Crippen molar-refractivity contribution in [2.75, 3.05) is 12.5 Å².